The van der Waals surface area contributed by atoms with Gasteiger partial charge in [0.15, 0.2) is 0 Å². The van der Waals surface area contributed by atoms with Gasteiger partial charge >= 0.3 is 0 Å². The van der Waals surface area contributed by atoms with Gasteiger partial charge in [0.05, 0.1) is 13.2 Å². The number of rotatable bonds is 4. The van der Waals surface area contributed by atoms with Crippen LogP contribution in [-0.2, 0) is 0 Å². The molecular formula is C9H13NO3S. The summed E-state index contributed by atoms with van der Waals surface area (Å²) in [5.41, 5.74) is 0.568. The Balaban J connectivity index is 2.83. The smallest absolute Gasteiger partial charge is 0.213 e. The van der Waals surface area contributed by atoms with E-state index in [0.717, 1.165) is 0 Å². The Labute approximate surface area is 88.0 Å². The molecule has 5 heteroatoms. The zero-order valence-electron chi connectivity index (χ0n) is 7.79. The first-order chi connectivity index (χ1) is 6.69. The monoisotopic (exact) mass is 215 g/mol. The van der Waals surface area contributed by atoms with Gasteiger partial charge in [-0.05, 0) is 11.6 Å². The molecule has 78 valence electrons. The van der Waals surface area contributed by atoms with Crippen LogP contribution in [0.1, 0.15) is 11.7 Å². The lowest BCUT2D eigenvalue weighted by molar-refractivity contribution is 0.0336. The number of pyridine rings is 1. The van der Waals surface area contributed by atoms with Gasteiger partial charge in [0.1, 0.15) is 6.10 Å². The van der Waals surface area contributed by atoms with Crippen molar-refractivity contribution in [2.24, 2.45) is 0 Å². The maximum atomic E-state index is 9.63. The molecule has 0 fully saturated rings. The van der Waals surface area contributed by atoms with Gasteiger partial charge < -0.3 is 14.9 Å². The SMILES string of the molecule is COc1cc(C(O)C(O)CS)ccn1. The lowest BCUT2D eigenvalue weighted by Crippen LogP contribution is -2.19. The molecule has 4 nitrogen and oxygen atoms in total. The maximum absolute atomic E-state index is 9.63. The minimum absolute atomic E-state index is 0.200. The molecule has 0 aromatic carbocycles. The molecule has 1 heterocycles. The van der Waals surface area contributed by atoms with E-state index in [2.05, 4.69) is 17.6 Å². The van der Waals surface area contributed by atoms with Crippen molar-refractivity contribution < 1.29 is 14.9 Å². The largest absolute Gasteiger partial charge is 0.481 e. The van der Waals surface area contributed by atoms with Crippen molar-refractivity contribution in [3.05, 3.63) is 23.9 Å². The van der Waals surface area contributed by atoms with Gasteiger partial charge in [-0.15, -0.1) is 0 Å². The number of aliphatic hydroxyl groups excluding tert-OH is 2. The molecule has 2 atom stereocenters. The number of ether oxygens (including phenoxy) is 1. The molecule has 0 aliphatic heterocycles. The van der Waals surface area contributed by atoms with E-state index in [1.54, 1.807) is 12.1 Å². The highest BCUT2D eigenvalue weighted by Gasteiger charge is 2.17. The average molecular weight is 215 g/mol. The highest BCUT2D eigenvalue weighted by Crippen LogP contribution is 2.20. The standard InChI is InChI=1S/C9H13NO3S/c1-13-8-4-6(2-3-10-8)9(12)7(11)5-14/h2-4,7,9,11-12,14H,5H2,1H3. The first kappa shape index (κ1) is 11.3. The second-order valence-electron chi connectivity index (χ2n) is 2.83. The summed E-state index contributed by atoms with van der Waals surface area (Å²) >= 11 is 3.90. The van der Waals surface area contributed by atoms with Crippen LogP contribution in [0.25, 0.3) is 0 Å². The first-order valence-corrected chi connectivity index (χ1v) is 4.79. The van der Waals surface area contributed by atoms with Crippen LogP contribution in [0.3, 0.4) is 0 Å². The Morgan fingerprint density at radius 3 is 2.86 bits per heavy atom. The zero-order valence-corrected chi connectivity index (χ0v) is 8.69. The molecule has 0 saturated heterocycles. The topological polar surface area (TPSA) is 62.6 Å². The second kappa shape index (κ2) is 5.19. The van der Waals surface area contributed by atoms with Crippen LogP contribution in [0.2, 0.25) is 0 Å². The van der Waals surface area contributed by atoms with E-state index in [0.29, 0.717) is 11.4 Å². The zero-order chi connectivity index (χ0) is 10.6. The summed E-state index contributed by atoms with van der Waals surface area (Å²) in [6.07, 6.45) is -0.322. The molecule has 0 saturated carbocycles. The summed E-state index contributed by atoms with van der Waals surface area (Å²) < 4.78 is 4.90. The van der Waals surface area contributed by atoms with Gasteiger partial charge in [-0.25, -0.2) is 4.98 Å². The van der Waals surface area contributed by atoms with Gasteiger partial charge in [-0.1, -0.05) is 0 Å². The van der Waals surface area contributed by atoms with E-state index in [1.807, 2.05) is 0 Å². The Bertz CT molecular complexity index is 295. The number of methoxy groups -OCH3 is 1. The van der Waals surface area contributed by atoms with E-state index in [-0.39, 0.29) is 5.75 Å². The number of hydrogen-bond acceptors (Lipinski definition) is 5. The summed E-state index contributed by atoms with van der Waals surface area (Å²) in [5.74, 6) is 0.610. The fourth-order valence-corrected chi connectivity index (χ4v) is 1.24. The molecule has 1 aromatic heterocycles. The minimum atomic E-state index is -0.954. The van der Waals surface area contributed by atoms with E-state index in [9.17, 15) is 10.2 Å². The van der Waals surface area contributed by atoms with Crippen molar-refractivity contribution in [3.63, 3.8) is 0 Å². The van der Waals surface area contributed by atoms with E-state index < -0.39 is 12.2 Å². The van der Waals surface area contributed by atoms with E-state index >= 15 is 0 Å². The highest BCUT2D eigenvalue weighted by atomic mass is 32.1. The van der Waals surface area contributed by atoms with Crippen molar-refractivity contribution in [1.82, 2.24) is 4.98 Å². The molecule has 0 aliphatic rings. The normalized spacial score (nSPS) is 14.9. The van der Waals surface area contributed by atoms with Crippen LogP contribution in [0, 0.1) is 0 Å². The van der Waals surface area contributed by atoms with Crippen molar-refractivity contribution >= 4 is 12.6 Å². The van der Waals surface area contributed by atoms with Gasteiger partial charge in [0, 0.05) is 18.0 Å². The van der Waals surface area contributed by atoms with Crippen LogP contribution in [-0.4, -0.2) is 34.2 Å². The molecular weight excluding hydrogens is 202 g/mol. The van der Waals surface area contributed by atoms with Crippen LogP contribution in [0.15, 0.2) is 18.3 Å². The Morgan fingerprint density at radius 2 is 2.29 bits per heavy atom. The number of thiol groups is 1. The molecule has 1 rings (SSSR count). The maximum Gasteiger partial charge on any atom is 0.213 e. The van der Waals surface area contributed by atoms with Gasteiger partial charge in [0.2, 0.25) is 5.88 Å². The number of aliphatic hydroxyl groups is 2. The number of aromatic nitrogens is 1. The summed E-state index contributed by atoms with van der Waals surface area (Å²) in [7, 11) is 1.49. The van der Waals surface area contributed by atoms with Crippen LogP contribution < -0.4 is 4.74 Å². The fraction of sp³-hybridized carbons (Fsp3) is 0.444. The lowest BCUT2D eigenvalue weighted by atomic mass is 10.1. The highest BCUT2D eigenvalue weighted by molar-refractivity contribution is 7.80. The molecule has 1 aromatic rings. The first-order valence-electron chi connectivity index (χ1n) is 4.16. The molecule has 2 unspecified atom stereocenters. The fourth-order valence-electron chi connectivity index (χ4n) is 1.04. The van der Waals surface area contributed by atoms with Gasteiger partial charge in [-0.3, -0.25) is 0 Å². The Morgan fingerprint density at radius 1 is 1.57 bits per heavy atom. The average Bonchev–Trinajstić information content (AvgIpc) is 2.27. The number of hydrogen-bond donors (Lipinski definition) is 3. The third-order valence-corrected chi connectivity index (χ3v) is 2.24. The number of nitrogens with zero attached hydrogens (tertiary/aromatic N) is 1. The molecule has 0 bridgehead atoms. The summed E-state index contributed by atoms with van der Waals surface area (Å²) in [4.78, 5) is 3.89. The summed E-state index contributed by atoms with van der Waals surface area (Å²) in [6.45, 7) is 0. The molecule has 0 spiro atoms. The Kier molecular flexibility index (Phi) is 4.19. The molecule has 0 radical (unpaired) electrons. The van der Waals surface area contributed by atoms with Crippen LogP contribution >= 0.6 is 12.6 Å². The van der Waals surface area contributed by atoms with Crippen LogP contribution in [0.4, 0.5) is 0 Å². The predicted octanol–water partition coefficient (Wildman–Crippen LogP) is 0.414. The molecule has 0 amide bonds. The van der Waals surface area contributed by atoms with Gasteiger partial charge in [-0.2, -0.15) is 12.6 Å². The quantitative estimate of drug-likeness (QED) is 0.637. The van der Waals surface area contributed by atoms with Crippen LogP contribution in [0.5, 0.6) is 5.88 Å². The van der Waals surface area contributed by atoms with E-state index in [4.69, 9.17) is 4.74 Å². The third kappa shape index (κ3) is 2.60. The summed E-state index contributed by atoms with van der Waals surface area (Å²) in [5, 5.41) is 19.0. The lowest BCUT2D eigenvalue weighted by Gasteiger charge is -2.16. The van der Waals surface area contributed by atoms with Crippen molar-refractivity contribution in [1.29, 1.82) is 0 Å². The molecule has 0 aliphatic carbocycles. The van der Waals surface area contributed by atoms with Gasteiger partial charge in [0.25, 0.3) is 0 Å². The summed E-state index contributed by atoms with van der Waals surface area (Å²) in [6, 6.07) is 3.21. The second-order valence-corrected chi connectivity index (χ2v) is 3.19. The third-order valence-electron chi connectivity index (χ3n) is 1.86. The minimum Gasteiger partial charge on any atom is -0.481 e. The Hall–Kier alpha value is -0.780. The molecule has 2 N–H and O–H groups in total. The van der Waals surface area contributed by atoms with Crippen molar-refractivity contribution in [2.45, 2.75) is 12.2 Å². The molecule has 14 heavy (non-hydrogen) atoms. The predicted molar refractivity (Wildman–Crippen MR) is 55.6 cm³/mol. The van der Waals surface area contributed by atoms with Crippen molar-refractivity contribution in [2.75, 3.05) is 12.9 Å². The van der Waals surface area contributed by atoms with E-state index in [1.165, 1.54) is 13.3 Å². The van der Waals surface area contributed by atoms with Crippen molar-refractivity contribution in [3.8, 4) is 5.88 Å².